The molecule has 1 heterocycles. The van der Waals surface area contributed by atoms with Crippen molar-refractivity contribution in [1.29, 1.82) is 0 Å². The molecule has 0 aromatic carbocycles. The Kier molecular flexibility index (Phi) is 4.31. The maximum Gasteiger partial charge on any atom is 0.310 e. The second-order valence-corrected chi connectivity index (χ2v) is 6.79. The maximum absolute atomic E-state index is 11.7. The van der Waals surface area contributed by atoms with Gasteiger partial charge in [-0.3, -0.25) is 4.79 Å². The zero-order valence-electron chi connectivity index (χ0n) is 11.8. The van der Waals surface area contributed by atoms with Crippen LogP contribution in [0.3, 0.4) is 0 Å². The van der Waals surface area contributed by atoms with Gasteiger partial charge in [0, 0.05) is 19.6 Å². The largest absolute Gasteiger partial charge is 0.481 e. The van der Waals surface area contributed by atoms with Gasteiger partial charge >= 0.3 is 5.97 Å². The van der Waals surface area contributed by atoms with Crippen molar-refractivity contribution in [2.24, 2.45) is 17.3 Å². The van der Waals surface area contributed by atoms with Gasteiger partial charge in [-0.1, -0.05) is 33.1 Å². The Morgan fingerprint density at radius 2 is 1.72 bits per heavy atom. The number of aliphatic carboxylic acids is 1. The fourth-order valence-corrected chi connectivity index (χ4v) is 4.02. The number of piperidine rings is 1. The summed E-state index contributed by atoms with van der Waals surface area (Å²) < 4.78 is 0. The zero-order valence-corrected chi connectivity index (χ0v) is 11.8. The summed E-state index contributed by atoms with van der Waals surface area (Å²) >= 11 is 0. The highest BCUT2D eigenvalue weighted by molar-refractivity contribution is 5.75. The average molecular weight is 253 g/mol. The predicted octanol–water partition coefficient (Wildman–Crippen LogP) is 3.00. The number of carboxylic acids is 1. The van der Waals surface area contributed by atoms with Crippen molar-refractivity contribution in [2.45, 2.75) is 52.4 Å². The lowest BCUT2D eigenvalue weighted by atomic mass is 9.73. The third kappa shape index (κ3) is 3.05. The van der Waals surface area contributed by atoms with Gasteiger partial charge in [-0.25, -0.2) is 0 Å². The second kappa shape index (κ2) is 5.60. The van der Waals surface area contributed by atoms with Gasteiger partial charge in [-0.15, -0.1) is 0 Å². The molecule has 0 radical (unpaired) electrons. The molecule has 2 aliphatic rings. The van der Waals surface area contributed by atoms with Crippen molar-refractivity contribution >= 4 is 5.97 Å². The third-order valence-corrected chi connectivity index (χ3v) is 4.74. The first-order valence-corrected chi connectivity index (χ1v) is 7.47. The highest BCUT2D eigenvalue weighted by Gasteiger charge is 2.41. The lowest BCUT2D eigenvalue weighted by Gasteiger charge is -2.42. The molecule has 1 aliphatic heterocycles. The molecule has 1 aliphatic carbocycles. The van der Waals surface area contributed by atoms with Crippen LogP contribution in [0.4, 0.5) is 0 Å². The van der Waals surface area contributed by atoms with Crippen LogP contribution in [0.25, 0.3) is 0 Å². The Morgan fingerprint density at radius 3 is 2.22 bits per heavy atom. The van der Waals surface area contributed by atoms with Gasteiger partial charge in [-0.2, -0.15) is 0 Å². The van der Waals surface area contributed by atoms with E-state index in [1.54, 1.807) is 0 Å². The van der Waals surface area contributed by atoms with Crippen molar-refractivity contribution in [3.05, 3.63) is 0 Å². The normalized spacial score (nSPS) is 33.2. The van der Waals surface area contributed by atoms with Crippen LogP contribution in [0.2, 0.25) is 0 Å². The first kappa shape index (κ1) is 13.9. The van der Waals surface area contributed by atoms with Gasteiger partial charge in [0.2, 0.25) is 0 Å². The van der Waals surface area contributed by atoms with Crippen LogP contribution in [0.1, 0.15) is 52.4 Å². The fourth-order valence-electron chi connectivity index (χ4n) is 4.02. The van der Waals surface area contributed by atoms with Crippen LogP contribution in [0.5, 0.6) is 0 Å². The minimum absolute atomic E-state index is 0.449. The Morgan fingerprint density at radius 1 is 1.17 bits per heavy atom. The van der Waals surface area contributed by atoms with Crippen LogP contribution in [-0.2, 0) is 4.79 Å². The van der Waals surface area contributed by atoms with Crippen LogP contribution in [0, 0.1) is 17.3 Å². The Hall–Kier alpha value is -0.570. The van der Waals surface area contributed by atoms with E-state index in [9.17, 15) is 9.90 Å². The number of nitrogens with zero attached hydrogens (tertiary/aromatic N) is 1. The Balaban J connectivity index is 2.02. The number of carbonyl (C=O) groups is 1. The van der Waals surface area contributed by atoms with E-state index in [0.29, 0.717) is 11.8 Å². The van der Waals surface area contributed by atoms with E-state index in [-0.39, 0.29) is 0 Å². The third-order valence-electron chi connectivity index (χ3n) is 4.74. The Labute approximate surface area is 111 Å². The van der Waals surface area contributed by atoms with E-state index in [1.165, 1.54) is 12.8 Å². The predicted molar refractivity (Wildman–Crippen MR) is 72.5 cm³/mol. The van der Waals surface area contributed by atoms with Crippen molar-refractivity contribution < 1.29 is 9.90 Å². The number of hydrogen-bond donors (Lipinski definition) is 1. The maximum atomic E-state index is 11.7. The lowest BCUT2D eigenvalue weighted by molar-refractivity contribution is -0.153. The summed E-state index contributed by atoms with van der Waals surface area (Å²) in [5, 5.41) is 9.62. The summed E-state index contributed by atoms with van der Waals surface area (Å²) in [6.07, 6.45) is 6.43. The molecular formula is C15H27NO2. The highest BCUT2D eigenvalue weighted by atomic mass is 16.4. The van der Waals surface area contributed by atoms with Gasteiger partial charge in [0.1, 0.15) is 0 Å². The highest BCUT2D eigenvalue weighted by Crippen LogP contribution is 2.38. The smallest absolute Gasteiger partial charge is 0.310 e. The minimum atomic E-state index is -0.562. The van der Waals surface area contributed by atoms with Gasteiger partial charge in [-0.05, 0) is 31.1 Å². The molecule has 1 saturated carbocycles. The van der Waals surface area contributed by atoms with Crippen LogP contribution in [-0.4, -0.2) is 35.6 Å². The van der Waals surface area contributed by atoms with E-state index in [1.807, 2.05) is 0 Å². The second-order valence-electron chi connectivity index (χ2n) is 6.79. The van der Waals surface area contributed by atoms with Crippen LogP contribution in [0.15, 0.2) is 0 Å². The quantitative estimate of drug-likeness (QED) is 0.840. The molecule has 0 amide bonds. The van der Waals surface area contributed by atoms with E-state index in [2.05, 4.69) is 18.7 Å². The number of rotatable bonds is 3. The molecular weight excluding hydrogens is 226 g/mol. The van der Waals surface area contributed by atoms with Crippen molar-refractivity contribution in [3.8, 4) is 0 Å². The summed E-state index contributed by atoms with van der Waals surface area (Å²) in [6.45, 7) is 7.52. The average Bonchev–Trinajstić information content (AvgIpc) is 2.28. The SMILES string of the molecule is CC1CC(C)CN(CC2(C(=O)O)CCCCC2)C1. The van der Waals surface area contributed by atoms with E-state index in [0.717, 1.165) is 45.3 Å². The van der Waals surface area contributed by atoms with Crippen molar-refractivity contribution in [2.75, 3.05) is 19.6 Å². The molecule has 2 unspecified atom stereocenters. The molecule has 1 saturated heterocycles. The molecule has 0 aromatic heterocycles. The fraction of sp³-hybridized carbons (Fsp3) is 0.933. The Bertz CT molecular complexity index is 287. The summed E-state index contributed by atoms with van der Waals surface area (Å²) in [7, 11) is 0. The molecule has 1 N–H and O–H groups in total. The van der Waals surface area contributed by atoms with Gasteiger partial charge < -0.3 is 10.0 Å². The molecule has 104 valence electrons. The van der Waals surface area contributed by atoms with Gasteiger partial charge in [0.05, 0.1) is 5.41 Å². The zero-order chi connectivity index (χ0) is 13.2. The van der Waals surface area contributed by atoms with Gasteiger partial charge in [0.25, 0.3) is 0 Å². The summed E-state index contributed by atoms with van der Waals surface area (Å²) in [5.41, 5.74) is -0.449. The van der Waals surface area contributed by atoms with Crippen LogP contribution < -0.4 is 0 Å². The van der Waals surface area contributed by atoms with E-state index < -0.39 is 11.4 Å². The number of hydrogen-bond acceptors (Lipinski definition) is 2. The minimum Gasteiger partial charge on any atom is -0.481 e. The van der Waals surface area contributed by atoms with Gasteiger partial charge in [0.15, 0.2) is 0 Å². The molecule has 2 rings (SSSR count). The molecule has 0 bridgehead atoms. The van der Waals surface area contributed by atoms with Crippen molar-refractivity contribution in [1.82, 2.24) is 4.90 Å². The summed E-state index contributed by atoms with van der Waals surface area (Å²) in [5.74, 6) is 0.861. The number of carboxylic acid groups (broad SMARTS) is 1. The molecule has 2 fully saturated rings. The lowest BCUT2D eigenvalue weighted by Crippen LogP contribution is -2.49. The molecule has 18 heavy (non-hydrogen) atoms. The summed E-state index contributed by atoms with van der Waals surface area (Å²) in [4.78, 5) is 14.1. The first-order chi connectivity index (χ1) is 8.52. The standard InChI is InChI=1S/C15H27NO2/c1-12-8-13(2)10-16(9-12)11-15(14(17)18)6-4-3-5-7-15/h12-13H,3-11H2,1-2H3,(H,17,18). The van der Waals surface area contributed by atoms with E-state index in [4.69, 9.17) is 0 Å². The van der Waals surface area contributed by atoms with Crippen molar-refractivity contribution in [3.63, 3.8) is 0 Å². The molecule has 0 aromatic rings. The molecule has 0 spiro atoms. The molecule has 3 heteroatoms. The first-order valence-electron chi connectivity index (χ1n) is 7.47. The molecule has 3 nitrogen and oxygen atoms in total. The number of likely N-dealkylation sites (tertiary alicyclic amines) is 1. The monoisotopic (exact) mass is 253 g/mol. The topological polar surface area (TPSA) is 40.5 Å². The van der Waals surface area contributed by atoms with E-state index >= 15 is 0 Å². The molecule has 2 atom stereocenters. The summed E-state index contributed by atoms with van der Waals surface area (Å²) in [6, 6.07) is 0. The van der Waals surface area contributed by atoms with Crippen LogP contribution >= 0.6 is 0 Å².